The first-order valence-electron chi connectivity index (χ1n) is 5.58. The molecule has 0 aromatic heterocycles. The van der Waals surface area contributed by atoms with E-state index in [9.17, 15) is 4.79 Å². The van der Waals surface area contributed by atoms with Gasteiger partial charge in [-0.25, -0.2) is 4.79 Å². The quantitative estimate of drug-likeness (QED) is 0.767. The number of rotatable bonds is 2. The van der Waals surface area contributed by atoms with Crippen LogP contribution in [-0.2, 0) is 4.74 Å². The lowest BCUT2D eigenvalue weighted by atomic mass is 10.2. The molecule has 1 N–H and O–H groups in total. The number of amides is 2. The fourth-order valence-corrected chi connectivity index (χ4v) is 2.79. The molecule has 0 saturated carbocycles. The van der Waals surface area contributed by atoms with E-state index in [-0.39, 0.29) is 12.1 Å². The van der Waals surface area contributed by atoms with Crippen LogP contribution in [0.15, 0.2) is 0 Å². The highest BCUT2D eigenvalue weighted by Crippen LogP contribution is 2.11. The molecule has 0 aromatic carbocycles. The minimum absolute atomic E-state index is 0.0748. The predicted molar refractivity (Wildman–Crippen MR) is 61.3 cm³/mol. The summed E-state index contributed by atoms with van der Waals surface area (Å²) in [5.74, 6) is 2.13. The number of nitrogens with zero attached hydrogens (tertiary/aromatic N) is 1. The number of ether oxygens (including phenoxy) is 1. The van der Waals surface area contributed by atoms with Gasteiger partial charge in [-0.05, 0) is 12.8 Å². The Morgan fingerprint density at radius 2 is 2.27 bits per heavy atom. The molecule has 0 aliphatic carbocycles. The summed E-state index contributed by atoms with van der Waals surface area (Å²) >= 11 is 1.91. The van der Waals surface area contributed by atoms with E-state index >= 15 is 0 Å². The van der Waals surface area contributed by atoms with Crippen molar-refractivity contribution in [1.29, 1.82) is 0 Å². The van der Waals surface area contributed by atoms with Crippen molar-refractivity contribution in [3.05, 3.63) is 0 Å². The molecule has 2 heterocycles. The zero-order chi connectivity index (χ0) is 10.5. The van der Waals surface area contributed by atoms with Crippen molar-refractivity contribution in [3.63, 3.8) is 0 Å². The highest BCUT2D eigenvalue weighted by molar-refractivity contribution is 7.99. The monoisotopic (exact) mass is 230 g/mol. The van der Waals surface area contributed by atoms with Crippen LogP contribution >= 0.6 is 11.8 Å². The number of hydrogen-bond acceptors (Lipinski definition) is 3. The van der Waals surface area contributed by atoms with E-state index in [4.69, 9.17) is 4.74 Å². The molecule has 1 unspecified atom stereocenters. The summed E-state index contributed by atoms with van der Waals surface area (Å²) in [6.45, 7) is 3.27. The molecule has 86 valence electrons. The van der Waals surface area contributed by atoms with Gasteiger partial charge in [0, 0.05) is 37.7 Å². The molecule has 2 aliphatic rings. The van der Waals surface area contributed by atoms with Crippen molar-refractivity contribution < 1.29 is 9.53 Å². The minimum Gasteiger partial charge on any atom is -0.376 e. The second-order valence-electron chi connectivity index (χ2n) is 3.92. The Morgan fingerprint density at radius 3 is 2.93 bits per heavy atom. The average molecular weight is 230 g/mol. The van der Waals surface area contributed by atoms with Crippen molar-refractivity contribution >= 4 is 17.8 Å². The summed E-state index contributed by atoms with van der Waals surface area (Å²) in [7, 11) is 0. The third-order valence-corrected chi connectivity index (χ3v) is 3.75. The summed E-state index contributed by atoms with van der Waals surface area (Å²) in [6, 6.07) is 0.0748. The van der Waals surface area contributed by atoms with Crippen LogP contribution in [0.3, 0.4) is 0 Å². The molecule has 2 aliphatic heterocycles. The van der Waals surface area contributed by atoms with Crippen LogP contribution in [0.1, 0.15) is 12.8 Å². The molecule has 2 saturated heterocycles. The number of carbonyl (C=O) groups excluding carboxylic acids is 1. The van der Waals surface area contributed by atoms with Crippen molar-refractivity contribution in [2.24, 2.45) is 0 Å². The number of urea groups is 1. The zero-order valence-corrected chi connectivity index (χ0v) is 9.72. The van der Waals surface area contributed by atoms with Crippen LogP contribution in [0.4, 0.5) is 4.79 Å². The predicted octanol–water partition coefficient (Wildman–Crippen LogP) is 0.924. The van der Waals surface area contributed by atoms with Gasteiger partial charge in [-0.2, -0.15) is 11.8 Å². The second-order valence-corrected chi connectivity index (χ2v) is 5.15. The standard InChI is InChI=1S/C10H18N2O2S/c13-10(12-3-6-15-7-4-12)11-8-9-2-1-5-14-9/h9H,1-8H2,(H,11,13). The van der Waals surface area contributed by atoms with Gasteiger partial charge < -0.3 is 15.0 Å². The van der Waals surface area contributed by atoms with E-state index < -0.39 is 0 Å². The fourth-order valence-electron chi connectivity index (χ4n) is 1.88. The molecule has 0 bridgehead atoms. The molecule has 5 heteroatoms. The van der Waals surface area contributed by atoms with Crippen molar-refractivity contribution in [2.75, 3.05) is 37.7 Å². The first-order chi connectivity index (χ1) is 7.36. The summed E-state index contributed by atoms with van der Waals surface area (Å²) in [5, 5.41) is 2.95. The molecule has 15 heavy (non-hydrogen) atoms. The first-order valence-corrected chi connectivity index (χ1v) is 6.74. The summed E-state index contributed by atoms with van der Waals surface area (Å²) < 4.78 is 5.45. The highest BCUT2D eigenvalue weighted by Gasteiger charge is 2.19. The van der Waals surface area contributed by atoms with Crippen molar-refractivity contribution in [1.82, 2.24) is 10.2 Å². The van der Waals surface area contributed by atoms with E-state index in [1.807, 2.05) is 16.7 Å². The van der Waals surface area contributed by atoms with Crippen LogP contribution in [0.2, 0.25) is 0 Å². The fraction of sp³-hybridized carbons (Fsp3) is 0.900. The maximum Gasteiger partial charge on any atom is 0.317 e. The molecule has 1 atom stereocenters. The van der Waals surface area contributed by atoms with Crippen molar-refractivity contribution in [3.8, 4) is 0 Å². The SMILES string of the molecule is O=C(NCC1CCCO1)N1CCSCC1. The number of thioether (sulfide) groups is 1. The number of carbonyl (C=O) groups is 1. The molecule has 2 rings (SSSR count). The summed E-state index contributed by atoms with van der Waals surface area (Å²) in [6.07, 6.45) is 2.45. The van der Waals surface area contributed by atoms with Crippen LogP contribution in [-0.4, -0.2) is 54.8 Å². The van der Waals surface area contributed by atoms with Gasteiger partial charge in [0.2, 0.25) is 0 Å². The lowest BCUT2D eigenvalue weighted by Crippen LogP contribution is -2.46. The molecule has 2 fully saturated rings. The van der Waals surface area contributed by atoms with E-state index in [0.29, 0.717) is 6.54 Å². The van der Waals surface area contributed by atoms with E-state index in [0.717, 1.165) is 44.0 Å². The van der Waals surface area contributed by atoms with Gasteiger partial charge in [0.05, 0.1) is 6.10 Å². The molecular formula is C10H18N2O2S. The van der Waals surface area contributed by atoms with E-state index in [1.165, 1.54) is 0 Å². The topological polar surface area (TPSA) is 41.6 Å². The van der Waals surface area contributed by atoms with Crippen LogP contribution in [0, 0.1) is 0 Å². The smallest absolute Gasteiger partial charge is 0.317 e. The lowest BCUT2D eigenvalue weighted by molar-refractivity contribution is 0.109. The highest BCUT2D eigenvalue weighted by atomic mass is 32.2. The number of nitrogens with one attached hydrogen (secondary N) is 1. The largest absolute Gasteiger partial charge is 0.376 e. The third-order valence-electron chi connectivity index (χ3n) is 2.80. The maximum atomic E-state index is 11.7. The Bertz CT molecular complexity index is 213. The summed E-state index contributed by atoms with van der Waals surface area (Å²) in [5.41, 5.74) is 0. The third kappa shape index (κ3) is 3.28. The zero-order valence-electron chi connectivity index (χ0n) is 8.91. The van der Waals surface area contributed by atoms with Crippen molar-refractivity contribution in [2.45, 2.75) is 18.9 Å². The molecule has 4 nitrogen and oxygen atoms in total. The molecular weight excluding hydrogens is 212 g/mol. The molecule has 0 radical (unpaired) electrons. The van der Waals surface area contributed by atoms with E-state index in [1.54, 1.807) is 0 Å². The molecule has 0 spiro atoms. The van der Waals surface area contributed by atoms with Gasteiger partial charge in [0.25, 0.3) is 0 Å². The van der Waals surface area contributed by atoms with E-state index in [2.05, 4.69) is 5.32 Å². The Labute approximate surface area is 94.7 Å². The Morgan fingerprint density at radius 1 is 1.47 bits per heavy atom. The number of hydrogen-bond donors (Lipinski definition) is 1. The van der Waals surface area contributed by atoms with Gasteiger partial charge in [-0.3, -0.25) is 0 Å². The Kier molecular flexibility index (Phi) is 4.14. The molecule has 2 amide bonds. The van der Waals surface area contributed by atoms with Crippen LogP contribution in [0.5, 0.6) is 0 Å². The maximum absolute atomic E-state index is 11.7. The van der Waals surface area contributed by atoms with Crippen LogP contribution < -0.4 is 5.32 Å². The Balaban J connectivity index is 1.66. The van der Waals surface area contributed by atoms with Gasteiger partial charge in [-0.15, -0.1) is 0 Å². The normalized spacial score (nSPS) is 26.7. The van der Waals surface area contributed by atoms with Gasteiger partial charge in [0.1, 0.15) is 0 Å². The van der Waals surface area contributed by atoms with Gasteiger partial charge >= 0.3 is 6.03 Å². The molecule has 0 aromatic rings. The second kappa shape index (κ2) is 5.61. The van der Waals surface area contributed by atoms with Gasteiger partial charge in [-0.1, -0.05) is 0 Å². The lowest BCUT2D eigenvalue weighted by Gasteiger charge is -2.27. The Hall–Kier alpha value is -0.420. The minimum atomic E-state index is 0.0748. The average Bonchev–Trinajstić information content (AvgIpc) is 2.80. The van der Waals surface area contributed by atoms with Gasteiger partial charge in [0.15, 0.2) is 0 Å². The van der Waals surface area contributed by atoms with Crippen LogP contribution in [0.25, 0.3) is 0 Å². The summed E-state index contributed by atoms with van der Waals surface area (Å²) in [4.78, 5) is 13.6. The first kappa shape index (κ1) is 11.1.